The molecule has 0 aliphatic heterocycles. The number of rotatable bonds is 6. The molecule has 1 unspecified atom stereocenters. The van der Waals surface area contributed by atoms with Gasteiger partial charge in [-0.2, -0.15) is 0 Å². The average molecular weight is 309 g/mol. The van der Waals surface area contributed by atoms with E-state index in [0.717, 1.165) is 5.56 Å². The summed E-state index contributed by atoms with van der Waals surface area (Å²) < 4.78 is 0. The van der Waals surface area contributed by atoms with Gasteiger partial charge in [0.15, 0.2) is 5.82 Å². The Hall–Kier alpha value is -2.56. The van der Waals surface area contributed by atoms with Crippen LogP contribution in [0.25, 0.3) is 11.4 Å². The van der Waals surface area contributed by atoms with Gasteiger partial charge < -0.3 is 10.3 Å². The number of nitrogens with zero attached hydrogens (tertiary/aromatic N) is 3. The van der Waals surface area contributed by atoms with Gasteiger partial charge in [-0.1, -0.05) is 37.3 Å². The molecule has 0 aliphatic rings. The standard InChI is InChI=1S/C18H23N5/c1-13(9-11-19)14(2)23(3)17(20)16-10-12-21-18(22-16)15-7-5-4-6-8-15/h4-8,10-14,19-20H,9H2,1-3H3/t13?,14-/m1/s1. The molecule has 23 heavy (non-hydrogen) atoms. The quantitative estimate of drug-likeness (QED) is 0.633. The summed E-state index contributed by atoms with van der Waals surface area (Å²) in [6.45, 7) is 4.16. The molecule has 0 amide bonds. The highest BCUT2D eigenvalue weighted by atomic mass is 15.2. The monoisotopic (exact) mass is 309 g/mol. The van der Waals surface area contributed by atoms with Gasteiger partial charge in [0.1, 0.15) is 11.5 Å². The Morgan fingerprint density at radius 1 is 1.22 bits per heavy atom. The van der Waals surface area contributed by atoms with E-state index in [0.29, 0.717) is 29.7 Å². The summed E-state index contributed by atoms with van der Waals surface area (Å²) in [6, 6.07) is 11.7. The van der Waals surface area contributed by atoms with Crippen molar-refractivity contribution in [3.8, 4) is 11.4 Å². The Bertz CT molecular complexity index is 668. The molecule has 2 rings (SSSR count). The van der Waals surface area contributed by atoms with Crippen LogP contribution in [0.15, 0.2) is 42.6 Å². The van der Waals surface area contributed by atoms with Gasteiger partial charge in [0.25, 0.3) is 0 Å². The lowest BCUT2D eigenvalue weighted by atomic mass is 9.99. The zero-order chi connectivity index (χ0) is 16.8. The molecule has 0 saturated carbocycles. The van der Waals surface area contributed by atoms with E-state index in [2.05, 4.69) is 23.8 Å². The van der Waals surface area contributed by atoms with Gasteiger partial charge in [-0.3, -0.25) is 5.41 Å². The summed E-state index contributed by atoms with van der Waals surface area (Å²) >= 11 is 0. The zero-order valence-electron chi connectivity index (χ0n) is 13.8. The lowest BCUT2D eigenvalue weighted by Gasteiger charge is -2.31. The van der Waals surface area contributed by atoms with Crippen molar-refractivity contribution in [1.29, 1.82) is 10.8 Å². The van der Waals surface area contributed by atoms with Crippen molar-refractivity contribution < 1.29 is 0 Å². The molecule has 0 spiro atoms. The average Bonchev–Trinajstić information content (AvgIpc) is 2.61. The molecule has 5 heteroatoms. The number of hydrogen-bond donors (Lipinski definition) is 2. The smallest absolute Gasteiger partial charge is 0.159 e. The number of hydrogen-bond acceptors (Lipinski definition) is 4. The summed E-state index contributed by atoms with van der Waals surface area (Å²) in [5.74, 6) is 1.30. The number of aromatic nitrogens is 2. The van der Waals surface area contributed by atoms with Crippen molar-refractivity contribution in [1.82, 2.24) is 14.9 Å². The minimum absolute atomic E-state index is 0.152. The van der Waals surface area contributed by atoms with Gasteiger partial charge in [0.2, 0.25) is 0 Å². The summed E-state index contributed by atoms with van der Waals surface area (Å²) in [5, 5.41) is 15.7. The Morgan fingerprint density at radius 2 is 1.91 bits per heavy atom. The van der Waals surface area contributed by atoms with Crippen LogP contribution < -0.4 is 0 Å². The minimum Gasteiger partial charge on any atom is -0.355 e. The second-order valence-electron chi connectivity index (χ2n) is 5.75. The Kier molecular flexibility index (Phi) is 5.57. The zero-order valence-corrected chi connectivity index (χ0v) is 13.8. The summed E-state index contributed by atoms with van der Waals surface area (Å²) in [7, 11) is 1.90. The molecule has 2 atom stereocenters. The lowest BCUT2D eigenvalue weighted by Crippen LogP contribution is -2.39. The first kappa shape index (κ1) is 16.8. The van der Waals surface area contributed by atoms with Crippen LogP contribution in [-0.4, -0.2) is 40.0 Å². The molecule has 1 heterocycles. The molecular weight excluding hydrogens is 286 g/mol. The van der Waals surface area contributed by atoms with Crippen molar-refractivity contribution in [3.05, 3.63) is 48.3 Å². The SMILES string of the molecule is CC(CC=N)[C@@H](C)N(C)C(=N)c1ccnc(-c2ccccc2)n1. The molecule has 0 saturated heterocycles. The fraction of sp³-hybridized carbons (Fsp3) is 0.333. The van der Waals surface area contributed by atoms with Crippen molar-refractivity contribution in [3.63, 3.8) is 0 Å². The first-order chi connectivity index (χ1) is 11.0. The van der Waals surface area contributed by atoms with Crippen LogP contribution in [0.3, 0.4) is 0 Å². The van der Waals surface area contributed by atoms with Crippen molar-refractivity contribution in [2.75, 3.05) is 7.05 Å². The van der Waals surface area contributed by atoms with Crippen LogP contribution in [0.4, 0.5) is 0 Å². The first-order valence-corrected chi connectivity index (χ1v) is 7.73. The summed E-state index contributed by atoms with van der Waals surface area (Å²) in [5.41, 5.74) is 1.55. The van der Waals surface area contributed by atoms with E-state index >= 15 is 0 Å². The van der Waals surface area contributed by atoms with E-state index in [1.165, 1.54) is 6.21 Å². The van der Waals surface area contributed by atoms with Gasteiger partial charge in [-0.05, 0) is 31.5 Å². The molecule has 2 N–H and O–H groups in total. The van der Waals surface area contributed by atoms with Crippen molar-refractivity contribution >= 4 is 12.1 Å². The summed E-state index contributed by atoms with van der Waals surface area (Å²) in [6.07, 6.45) is 3.83. The van der Waals surface area contributed by atoms with Crippen molar-refractivity contribution in [2.24, 2.45) is 5.92 Å². The normalized spacial score (nSPS) is 13.2. The van der Waals surface area contributed by atoms with Gasteiger partial charge >= 0.3 is 0 Å². The van der Waals surface area contributed by atoms with Crippen LogP contribution in [0.2, 0.25) is 0 Å². The van der Waals surface area contributed by atoms with E-state index in [-0.39, 0.29) is 6.04 Å². The Labute approximate surface area is 137 Å². The van der Waals surface area contributed by atoms with E-state index in [9.17, 15) is 0 Å². The molecule has 1 aromatic heterocycles. The minimum atomic E-state index is 0.152. The fourth-order valence-electron chi connectivity index (χ4n) is 2.37. The summed E-state index contributed by atoms with van der Waals surface area (Å²) in [4.78, 5) is 10.7. The molecule has 0 aliphatic carbocycles. The molecular formula is C18H23N5. The molecule has 120 valence electrons. The topological polar surface area (TPSA) is 76.7 Å². The molecule has 0 radical (unpaired) electrons. The van der Waals surface area contributed by atoms with Gasteiger partial charge in [-0.25, -0.2) is 9.97 Å². The highest BCUT2D eigenvalue weighted by molar-refractivity contribution is 5.94. The number of nitrogens with one attached hydrogen (secondary N) is 2. The maximum absolute atomic E-state index is 8.43. The van der Waals surface area contributed by atoms with Gasteiger partial charge in [-0.15, -0.1) is 0 Å². The van der Waals surface area contributed by atoms with E-state index < -0.39 is 0 Å². The molecule has 2 aromatic rings. The highest BCUT2D eigenvalue weighted by Crippen LogP contribution is 2.17. The maximum Gasteiger partial charge on any atom is 0.159 e. The number of benzene rings is 1. The number of amidine groups is 1. The Morgan fingerprint density at radius 3 is 2.57 bits per heavy atom. The third-order valence-electron chi connectivity index (χ3n) is 4.21. The lowest BCUT2D eigenvalue weighted by molar-refractivity contribution is 0.298. The second-order valence-corrected chi connectivity index (χ2v) is 5.75. The highest BCUT2D eigenvalue weighted by Gasteiger charge is 2.20. The van der Waals surface area contributed by atoms with Crippen LogP contribution in [-0.2, 0) is 0 Å². The first-order valence-electron chi connectivity index (χ1n) is 7.73. The van der Waals surface area contributed by atoms with Crippen LogP contribution >= 0.6 is 0 Å². The van der Waals surface area contributed by atoms with Crippen LogP contribution in [0.1, 0.15) is 26.0 Å². The van der Waals surface area contributed by atoms with E-state index in [4.69, 9.17) is 10.8 Å². The predicted octanol–water partition coefficient (Wildman–Crippen LogP) is 3.47. The second kappa shape index (κ2) is 7.63. The molecule has 0 bridgehead atoms. The van der Waals surface area contributed by atoms with Crippen LogP contribution in [0.5, 0.6) is 0 Å². The van der Waals surface area contributed by atoms with Gasteiger partial charge in [0, 0.05) is 24.8 Å². The van der Waals surface area contributed by atoms with Crippen molar-refractivity contribution in [2.45, 2.75) is 26.3 Å². The third-order valence-corrected chi connectivity index (χ3v) is 4.21. The van der Waals surface area contributed by atoms with E-state index in [1.807, 2.05) is 42.3 Å². The maximum atomic E-state index is 8.43. The Balaban J connectivity index is 2.21. The fourth-order valence-corrected chi connectivity index (χ4v) is 2.37. The molecule has 5 nitrogen and oxygen atoms in total. The van der Waals surface area contributed by atoms with E-state index in [1.54, 1.807) is 12.3 Å². The van der Waals surface area contributed by atoms with Gasteiger partial charge in [0.05, 0.1) is 0 Å². The molecule has 1 aromatic carbocycles. The largest absolute Gasteiger partial charge is 0.355 e. The predicted molar refractivity (Wildman–Crippen MR) is 94.1 cm³/mol. The van der Waals surface area contributed by atoms with Crippen LogP contribution in [0, 0.1) is 16.7 Å². The molecule has 0 fully saturated rings. The third kappa shape index (κ3) is 4.00.